The van der Waals surface area contributed by atoms with Gasteiger partial charge in [-0.15, -0.1) is 11.3 Å². The molecule has 1 heterocycles. The molecule has 0 aliphatic rings. The number of thiazole rings is 1. The average molecular weight is 344 g/mol. The van der Waals surface area contributed by atoms with Crippen molar-refractivity contribution in [1.82, 2.24) is 10.3 Å². The van der Waals surface area contributed by atoms with Gasteiger partial charge in [0.1, 0.15) is 10.7 Å². The van der Waals surface area contributed by atoms with E-state index in [1.54, 1.807) is 6.92 Å². The second kappa shape index (κ2) is 7.10. The number of aromatic nitrogens is 1. The number of carbonyl (C=O) groups excluding carboxylic acids is 1. The summed E-state index contributed by atoms with van der Waals surface area (Å²) in [5.74, 6) is -0.417. The highest BCUT2D eigenvalue weighted by Gasteiger charge is 2.30. The second-order valence-corrected chi connectivity index (χ2v) is 5.87. The molecule has 0 saturated carbocycles. The Balaban J connectivity index is 2.12. The standard InChI is InChI=1S/C15H15F3N2O2S/c1-9(21)5-6-19-13(22)12-8-23-14(20-12)10-3-2-4-11(7-10)15(16,17)18/h2-4,7-9,21H,5-6H2,1H3,(H,19,22). The van der Waals surface area contributed by atoms with E-state index in [0.717, 1.165) is 23.5 Å². The molecular weight excluding hydrogens is 329 g/mol. The fourth-order valence-corrected chi connectivity index (χ4v) is 2.62. The number of hydrogen-bond acceptors (Lipinski definition) is 4. The van der Waals surface area contributed by atoms with E-state index in [1.807, 2.05) is 0 Å². The monoisotopic (exact) mass is 344 g/mol. The third kappa shape index (κ3) is 4.77. The van der Waals surface area contributed by atoms with Gasteiger partial charge in [0, 0.05) is 17.5 Å². The van der Waals surface area contributed by atoms with Crippen LogP contribution in [-0.2, 0) is 6.18 Å². The summed E-state index contributed by atoms with van der Waals surface area (Å²) in [4.78, 5) is 15.9. The highest BCUT2D eigenvalue weighted by Crippen LogP contribution is 2.33. The van der Waals surface area contributed by atoms with Gasteiger partial charge in [0.15, 0.2) is 0 Å². The van der Waals surface area contributed by atoms with Crippen molar-refractivity contribution in [1.29, 1.82) is 0 Å². The fraction of sp³-hybridized carbons (Fsp3) is 0.333. The van der Waals surface area contributed by atoms with Crippen LogP contribution in [0.1, 0.15) is 29.4 Å². The minimum absolute atomic E-state index is 0.146. The molecule has 0 radical (unpaired) electrons. The lowest BCUT2D eigenvalue weighted by atomic mass is 10.1. The van der Waals surface area contributed by atoms with Crippen molar-refractivity contribution in [3.63, 3.8) is 0 Å². The number of benzene rings is 1. The van der Waals surface area contributed by atoms with E-state index in [9.17, 15) is 18.0 Å². The Morgan fingerprint density at radius 3 is 2.83 bits per heavy atom. The summed E-state index contributed by atoms with van der Waals surface area (Å²) in [6.45, 7) is 1.91. The van der Waals surface area contributed by atoms with Crippen molar-refractivity contribution < 1.29 is 23.1 Å². The predicted molar refractivity (Wildman–Crippen MR) is 81.2 cm³/mol. The summed E-state index contributed by atoms with van der Waals surface area (Å²) < 4.78 is 38.2. The molecule has 0 spiro atoms. The minimum atomic E-state index is -4.42. The first-order valence-corrected chi connectivity index (χ1v) is 7.75. The molecule has 0 aliphatic carbocycles. The third-order valence-corrected chi connectivity index (χ3v) is 3.91. The summed E-state index contributed by atoms with van der Waals surface area (Å²) in [5, 5.41) is 13.6. The van der Waals surface area contributed by atoms with Crippen LogP contribution >= 0.6 is 11.3 Å². The van der Waals surface area contributed by atoms with Crippen molar-refractivity contribution in [3.05, 3.63) is 40.9 Å². The lowest BCUT2D eigenvalue weighted by Gasteiger charge is -2.07. The first-order valence-electron chi connectivity index (χ1n) is 6.87. The zero-order chi connectivity index (χ0) is 17.0. The van der Waals surface area contributed by atoms with Gasteiger partial charge in [-0.3, -0.25) is 4.79 Å². The zero-order valence-corrected chi connectivity index (χ0v) is 13.0. The number of amides is 1. The van der Waals surface area contributed by atoms with Crippen molar-refractivity contribution in [3.8, 4) is 10.6 Å². The Morgan fingerprint density at radius 1 is 1.43 bits per heavy atom. The Morgan fingerprint density at radius 2 is 2.17 bits per heavy atom. The molecular formula is C15H15F3N2O2S. The summed E-state index contributed by atoms with van der Waals surface area (Å²) in [7, 11) is 0. The zero-order valence-electron chi connectivity index (χ0n) is 12.2. The number of carbonyl (C=O) groups is 1. The molecule has 1 aromatic heterocycles. The van der Waals surface area contributed by atoms with Crippen LogP contribution in [0.2, 0.25) is 0 Å². The Kier molecular flexibility index (Phi) is 5.38. The molecule has 0 saturated heterocycles. The number of rotatable bonds is 5. The average Bonchev–Trinajstić information content (AvgIpc) is 2.96. The highest BCUT2D eigenvalue weighted by molar-refractivity contribution is 7.13. The summed E-state index contributed by atoms with van der Waals surface area (Å²) in [6.07, 6.45) is -4.53. The summed E-state index contributed by atoms with van der Waals surface area (Å²) in [6, 6.07) is 4.82. The number of halogens is 3. The quantitative estimate of drug-likeness (QED) is 0.875. The van der Waals surface area contributed by atoms with Crippen LogP contribution in [-0.4, -0.2) is 28.6 Å². The summed E-state index contributed by atoms with van der Waals surface area (Å²) >= 11 is 1.10. The lowest BCUT2D eigenvalue weighted by Crippen LogP contribution is -2.26. The molecule has 8 heteroatoms. The fourth-order valence-electron chi connectivity index (χ4n) is 1.82. The Hall–Kier alpha value is -1.93. The third-order valence-electron chi connectivity index (χ3n) is 3.02. The highest BCUT2D eigenvalue weighted by atomic mass is 32.1. The van der Waals surface area contributed by atoms with E-state index in [2.05, 4.69) is 10.3 Å². The van der Waals surface area contributed by atoms with Crippen LogP contribution in [0, 0.1) is 0 Å². The van der Waals surface area contributed by atoms with Gasteiger partial charge in [-0.05, 0) is 25.5 Å². The van der Waals surface area contributed by atoms with Crippen LogP contribution in [0.5, 0.6) is 0 Å². The van der Waals surface area contributed by atoms with Gasteiger partial charge in [0.25, 0.3) is 5.91 Å². The molecule has 0 aliphatic heterocycles. The van der Waals surface area contributed by atoms with E-state index >= 15 is 0 Å². The van der Waals surface area contributed by atoms with E-state index < -0.39 is 23.8 Å². The van der Waals surface area contributed by atoms with Crippen molar-refractivity contribution in [2.24, 2.45) is 0 Å². The second-order valence-electron chi connectivity index (χ2n) is 5.01. The van der Waals surface area contributed by atoms with Crippen LogP contribution in [0.4, 0.5) is 13.2 Å². The number of hydrogen-bond donors (Lipinski definition) is 2. The first kappa shape index (κ1) is 17.4. The molecule has 2 rings (SSSR count). The number of nitrogens with zero attached hydrogens (tertiary/aromatic N) is 1. The SMILES string of the molecule is CC(O)CCNC(=O)c1csc(-c2cccc(C(F)(F)F)c2)n1. The topological polar surface area (TPSA) is 62.2 Å². The minimum Gasteiger partial charge on any atom is -0.393 e. The first-order chi connectivity index (χ1) is 10.8. The number of aliphatic hydroxyl groups excluding tert-OH is 1. The van der Waals surface area contributed by atoms with E-state index in [1.165, 1.54) is 17.5 Å². The molecule has 1 atom stereocenters. The van der Waals surface area contributed by atoms with Gasteiger partial charge >= 0.3 is 6.18 Å². The molecule has 0 fully saturated rings. The number of alkyl halides is 3. The van der Waals surface area contributed by atoms with Crippen LogP contribution in [0.15, 0.2) is 29.6 Å². The molecule has 1 amide bonds. The number of nitrogens with one attached hydrogen (secondary N) is 1. The van der Waals surface area contributed by atoms with E-state index in [4.69, 9.17) is 5.11 Å². The van der Waals surface area contributed by atoms with Crippen molar-refractivity contribution in [2.45, 2.75) is 25.6 Å². The lowest BCUT2D eigenvalue weighted by molar-refractivity contribution is -0.137. The maximum absolute atomic E-state index is 12.7. The van der Waals surface area contributed by atoms with Gasteiger partial charge in [-0.25, -0.2) is 4.98 Å². The van der Waals surface area contributed by atoms with Gasteiger partial charge < -0.3 is 10.4 Å². The maximum atomic E-state index is 12.7. The molecule has 23 heavy (non-hydrogen) atoms. The molecule has 0 bridgehead atoms. The van der Waals surface area contributed by atoms with Gasteiger partial charge in [0.2, 0.25) is 0 Å². The largest absolute Gasteiger partial charge is 0.416 e. The van der Waals surface area contributed by atoms with Gasteiger partial charge in [-0.2, -0.15) is 13.2 Å². The van der Waals surface area contributed by atoms with E-state index in [0.29, 0.717) is 23.5 Å². The summed E-state index contributed by atoms with van der Waals surface area (Å²) in [5.41, 5.74) is -0.297. The molecule has 4 nitrogen and oxygen atoms in total. The molecule has 124 valence electrons. The molecule has 1 aromatic carbocycles. The molecule has 2 aromatic rings. The van der Waals surface area contributed by atoms with Crippen molar-refractivity contribution in [2.75, 3.05) is 6.54 Å². The molecule has 2 N–H and O–H groups in total. The molecule has 1 unspecified atom stereocenters. The van der Waals surface area contributed by atoms with Gasteiger partial charge in [0.05, 0.1) is 11.7 Å². The van der Waals surface area contributed by atoms with E-state index in [-0.39, 0.29) is 5.69 Å². The Bertz CT molecular complexity index is 683. The maximum Gasteiger partial charge on any atom is 0.416 e. The van der Waals surface area contributed by atoms with Crippen molar-refractivity contribution >= 4 is 17.2 Å². The van der Waals surface area contributed by atoms with Gasteiger partial charge in [-0.1, -0.05) is 12.1 Å². The van der Waals surface area contributed by atoms with Crippen LogP contribution in [0.3, 0.4) is 0 Å². The smallest absolute Gasteiger partial charge is 0.393 e. The Labute approximate surface area is 135 Å². The number of aliphatic hydroxyl groups is 1. The van der Waals surface area contributed by atoms with Crippen LogP contribution < -0.4 is 5.32 Å². The van der Waals surface area contributed by atoms with Crippen LogP contribution in [0.25, 0.3) is 10.6 Å². The predicted octanol–water partition coefficient (Wildman–Crippen LogP) is 3.33. The normalized spacial score (nSPS) is 12.9.